The van der Waals surface area contributed by atoms with Crippen LogP contribution in [0.4, 0.5) is 4.79 Å². The van der Waals surface area contributed by atoms with Crippen molar-refractivity contribution in [2.75, 3.05) is 7.11 Å². The van der Waals surface area contributed by atoms with Crippen molar-refractivity contribution in [1.82, 2.24) is 10.6 Å². The van der Waals surface area contributed by atoms with Gasteiger partial charge in [0.05, 0.1) is 23.2 Å². The van der Waals surface area contributed by atoms with Crippen LogP contribution in [0.2, 0.25) is 0 Å². The van der Waals surface area contributed by atoms with Crippen molar-refractivity contribution in [3.8, 4) is 5.75 Å². The number of rotatable bonds is 4. The molecule has 0 spiro atoms. The second kappa shape index (κ2) is 8.78. The van der Waals surface area contributed by atoms with Gasteiger partial charge < -0.3 is 20.1 Å². The summed E-state index contributed by atoms with van der Waals surface area (Å²) in [6.07, 6.45) is 6.29. The summed E-state index contributed by atoms with van der Waals surface area (Å²) < 4.78 is 11.8. The van der Waals surface area contributed by atoms with Crippen molar-refractivity contribution < 1.29 is 19.1 Å². The summed E-state index contributed by atoms with van der Waals surface area (Å²) in [5.74, 6) is 0.311. The number of methoxy groups -OCH3 is 1. The van der Waals surface area contributed by atoms with E-state index in [1.165, 1.54) is 12.8 Å². The number of esters is 1. The van der Waals surface area contributed by atoms with E-state index in [0.29, 0.717) is 17.0 Å². The molecule has 1 heterocycles. The standard InChI is InChI=1S/C20H25BrN2O4/c1-12-17(19(24)27-14-7-5-3-4-6-8-14)18(23-20(25)22-12)13-9-10-16(26-2)15(21)11-13/h9-11,14,18H,3-8H2,1-2H3,(H2,22,23,25)/t18-/m1/s1. The molecule has 1 atom stereocenters. The molecule has 0 bridgehead atoms. The van der Waals surface area contributed by atoms with Gasteiger partial charge in [0, 0.05) is 5.70 Å². The van der Waals surface area contributed by atoms with Gasteiger partial charge >= 0.3 is 12.0 Å². The Morgan fingerprint density at radius 2 is 1.89 bits per heavy atom. The van der Waals surface area contributed by atoms with E-state index in [9.17, 15) is 9.59 Å². The number of halogens is 1. The summed E-state index contributed by atoms with van der Waals surface area (Å²) >= 11 is 3.46. The fraction of sp³-hybridized carbons (Fsp3) is 0.500. The van der Waals surface area contributed by atoms with Crippen LogP contribution in [0.25, 0.3) is 0 Å². The van der Waals surface area contributed by atoms with Gasteiger partial charge in [-0.2, -0.15) is 0 Å². The zero-order valence-corrected chi connectivity index (χ0v) is 17.2. The van der Waals surface area contributed by atoms with E-state index >= 15 is 0 Å². The number of hydrogen-bond acceptors (Lipinski definition) is 4. The second-order valence-corrected chi connectivity index (χ2v) is 7.84. The normalized spacial score (nSPS) is 21.1. The van der Waals surface area contributed by atoms with Crippen LogP contribution in [0.15, 0.2) is 33.9 Å². The fourth-order valence-electron chi connectivity index (χ4n) is 3.65. The Morgan fingerprint density at radius 3 is 2.52 bits per heavy atom. The maximum absolute atomic E-state index is 13.0. The largest absolute Gasteiger partial charge is 0.496 e. The molecule has 0 radical (unpaired) electrons. The van der Waals surface area contributed by atoms with Gasteiger partial charge in [0.25, 0.3) is 0 Å². The molecule has 7 heteroatoms. The number of hydrogen-bond donors (Lipinski definition) is 2. The molecule has 1 aliphatic heterocycles. The minimum absolute atomic E-state index is 0.0545. The monoisotopic (exact) mass is 436 g/mol. The predicted molar refractivity (Wildman–Crippen MR) is 105 cm³/mol. The maximum Gasteiger partial charge on any atom is 0.338 e. The zero-order valence-electron chi connectivity index (χ0n) is 15.6. The van der Waals surface area contributed by atoms with Gasteiger partial charge in [-0.1, -0.05) is 18.9 Å². The van der Waals surface area contributed by atoms with E-state index in [1.54, 1.807) is 20.1 Å². The van der Waals surface area contributed by atoms with Crippen LogP contribution in [0, 0.1) is 0 Å². The van der Waals surface area contributed by atoms with Gasteiger partial charge in [0.1, 0.15) is 11.9 Å². The first-order chi connectivity index (χ1) is 13.0. The zero-order chi connectivity index (χ0) is 19.4. The molecule has 27 heavy (non-hydrogen) atoms. The molecule has 6 nitrogen and oxygen atoms in total. The number of urea groups is 1. The summed E-state index contributed by atoms with van der Waals surface area (Å²) in [7, 11) is 1.59. The van der Waals surface area contributed by atoms with E-state index in [0.717, 1.165) is 35.7 Å². The molecule has 1 aromatic carbocycles. The summed E-state index contributed by atoms with van der Waals surface area (Å²) in [5, 5.41) is 5.53. The van der Waals surface area contributed by atoms with E-state index in [-0.39, 0.29) is 18.1 Å². The van der Waals surface area contributed by atoms with Gasteiger partial charge in [-0.15, -0.1) is 0 Å². The molecule has 1 aliphatic carbocycles. The molecule has 1 fully saturated rings. The Kier molecular flexibility index (Phi) is 6.42. The SMILES string of the molecule is COc1ccc([C@H]2NC(=O)NC(C)=C2C(=O)OC2CCCCCC2)cc1Br. The predicted octanol–water partition coefficient (Wildman–Crippen LogP) is 4.35. The van der Waals surface area contributed by atoms with E-state index in [4.69, 9.17) is 9.47 Å². The average Bonchev–Trinajstić information content (AvgIpc) is 2.89. The lowest BCUT2D eigenvalue weighted by Crippen LogP contribution is -2.45. The number of carbonyl (C=O) groups excluding carboxylic acids is 2. The molecule has 2 amide bonds. The summed E-state index contributed by atoms with van der Waals surface area (Å²) in [6, 6.07) is 4.58. The number of amides is 2. The molecule has 0 saturated heterocycles. The smallest absolute Gasteiger partial charge is 0.338 e. The Morgan fingerprint density at radius 1 is 1.19 bits per heavy atom. The van der Waals surface area contributed by atoms with Crippen molar-refractivity contribution in [2.45, 2.75) is 57.6 Å². The Bertz CT molecular complexity index is 754. The highest BCUT2D eigenvalue weighted by molar-refractivity contribution is 9.10. The Labute approximate surface area is 167 Å². The lowest BCUT2D eigenvalue weighted by molar-refractivity contribution is -0.145. The second-order valence-electron chi connectivity index (χ2n) is 6.98. The maximum atomic E-state index is 13.0. The van der Waals surface area contributed by atoms with Gasteiger partial charge in [0.2, 0.25) is 0 Å². The van der Waals surface area contributed by atoms with Crippen molar-refractivity contribution in [1.29, 1.82) is 0 Å². The van der Waals surface area contributed by atoms with E-state index in [2.05, 4.69) is 26.6 Å². The Balaban J connectivity index is 1.87. The third kappa shape index (κ3) is 4.64. The van der Waals surface area contributed by atoms with Crippen molar-refractivity contribution in [3.63, 3.8) is 0 Å². The van der Waals surface area contributed by atoms with Crippen LogP contribution in [0.3, 0.4) is 0 Å². The lowest BCUT2D eigenvalue weighted by atomic mass is 9.95. The van der Waals surface area contributed by atoms with Gasteiger partial charge in [-0.05, 0) is 66.2 Å². The molecule has 1 aromatic rings. The number of benzene rings is 1. The van der Waals surface area contributed by atoms with Crippen LogP contribution in [0.5, 0.6) is 5.75 Å². The minimum atomic E-state index is -0.570. The van der Waals surface area contributed by atoms with Crippen LogP contribution < -0.4 is 15.4 Å². The summed E-state index contributed by atoms with van der Waals surface area (Å²) in [6.45, 7) is 1.73. The quantitative estimate of drug-likeness (QED) is 0.543. The molecule has 146 valence electrons. The fourth-order valence-corrected chi connectivity index (χ4v) is 4.21. The van der Waals surface area contributed by atoms with Crippen LogP contribution in [-0.2, 0) is 9.53 Å². The highest BCUT2D eigenvalue weighted by atomic mass is 79.9. The van der Waals surface area contributed by atoms with E-state index < -0.39 is 6.04 Å². The highest BCUT2D eigenvalue weighted by Gasteiger charge is 2.33. The van der Waals surface area contributed by atoms with Gasteiger partial charge in [0.15, 0.2) is 0 Å². The van der Waals surface area contributed by atoms with E-state index in [1.807, 2.05) is 12.1 Å². The van der Waals surface area contributed by atoms with Crippen molar-refractivity contribution in [3.05, 3.63) is 39.5 Å². The third-order valence-corrected chi connectivity index (χ3v) is 5.69. The molecule has 2 aliphatic rings. The first-order valence-electron chi connectivity index (χ1n) is 9.32. The van der Waals surface area contributed by atoms with Gasteiger partial charge in [-0.3, -0.25) is 0 Å². The topological polar surface area (TPSA) is 76.7 Å². The summed E-state index contributed by atoms with van der Waals surface area (Å²) in [5.41, 5.74) is 1.75. The number of carbonyl (C=O) groups is 2. The highest BCUT2D eigenvalue weighted by Crippen LogP contribution is 2.33. The average molecular weight is 437 g/mol. The number of ether oxygens (including phenoxy) is 2. The van der Waals surface area contributed by atoms with Crippen LogP contribution >= 0.6 is 15.9 Å². The summed E-state index contributed by atoms with van der Waals surface area (Å²) in [4.78, 5) is 25.0. The first kappa shape index (κ1) is 19.7. The number of allylic oxidation sites excluding steroid dienone is 1. The lowest BCUT2D eigenvalue weighted by Gasteiger charge is -2.29. The number of nitrogens with one attached hydrogen (secondary N) is 2. The molecule has 2 N–H and O–H groups in total. The molecule has 1 saturated carbocycles. The third-order valence-electron chi connectivity index (χ3n) is 5.07. The molecular formula is C20H25BrN2O4. The first-order valence-corrected chi connectivity index (χ1v) is 10.1. The van der Waals surface area contributed by atoms with Crippen molar-refractivity contribution >= 4 is 27.9 Å². The Hall–Kier alpha value is -2.02. The van der Waals surface area contributed by atoms with Crippen molar-refractivity contribution in [2.24, 2.45) is 0 Å². The van der Waals surface area contributed by atoms with Gasteiger partial charge in [-0.25, -0.2) is 9.59 Å². The molecule has 3 rings (SSSR count). The molecule has 0 unspecified atom stereocenters. The van der Waals surface area contributed by atoms with Crippen LogP contribution in [-0.4, -0.2) is 25.2 Å². The minimum Gasteiger partial charge on any atom is -0.496 e. The van der Waals surface area contributed by atoms with Crippen LogP contribution in [0.1, 0.15) is 57.1 Å². The molecule has 0 aromatic heterocycles. The molecular weight excluding hydrogens is 412 g/mol.